The average Bonchev–Trinajstić information content (AvgIpc) is 2.64. The Balaban J connectivity index is 2.01. The van der Waals surface area contributed by atoms with Crippen molar-refractivity contribution in [2.75, 3.05) is 19.6 Å². The Kier molecular flexibility index (Phi) is 3.38. The van der Waals surface area contributed by atoms with Crippen LogP contribution >= 0.6 is 0 Å². The number of rotatable bonds is 2. The summed E-state index contributed by atoms with van der Waals surface area (Å²) in [4.78, 5) is 1.33. The lowest BCUT2D eigenvalue weighted by Gasteiger charge is -2.18. The molecule has 94 valence electrons. The van der Waals surface area contributed by atoms with Crippen LogP contribution in [0.2, 0.25) is 0 Å². The van der Waals surface area contributed by atoms with E-state index < -0.39 is 12.7 Å². The molecule has 2 rings (SSSR count). The third-order valence-electron chi connectivity index (χ3n) is 3.02. The van der Waals surface area contributed by atoms with Crippen LogP contribution in [0.5, 0.6) is 0 Å². The van der Waals surface area contributed by atoms with Gasteiger partial charge >= 0.3 is 6.18 Å². The molecule has 0 bridgehead atoms. The van der Waals surface area contributed by atoms with Crippen molar-refractivity contribution in [1.29, 1.82) is 0 Å². The summed E-state index contributed by atoms with van der Waals surface area (Å²) in [6, 6.07) is 6.30. The SMILES string of the molecule is Fc1ccccc1[C@H]1CCN(CC(F)(F)F)C1. The zero-order valence-electron chi connectivity index (χ0n) is 9.17. The standard InChI is InChI=1S/C12H13F4N/c13-11-4-2-1-3-10(11)9-5-6-17(7-9)8-12(14,15)16/h1-4,9H,5-8H2/t9-/m0/s1. The summed E-state index contributed by atoms with van der Waals surface area (Å²) >= 11 is 0. The molecule has 1 aliphatic rings. The monoisotopic (exact) mass is 247 g/mol. The summed E-state index contributed by atoms with van der Waals surface area (Å²) in [5.41, 5.74) is 0.525. The molecule has 0 aromatic heterocycles. The Morgan fingerprint density at radius 1 is 1.24 bits per heavy atom. The van der Waals surface area contributed by atoms with Gasteiger partial charge in [-0.15, -0.1) is 0 Å². The summed E-state index contributed by atoms with van der Waals surface area (Å²) < 4.78 is 50.1. The molecule has 1 nitrogen and oxygen atoms in total. The van der Waals surface area contributed by atoms with Crippen LogP contribution in [0.1, 0.15) is 17.9 Å². The Morgan fingerprint density at radius 3 is 2.59 bits per heavy atom. The molecular formula is C12H13F4N. The van der Waals surface area contributed by atoms with E-state index in [2.05, 4.69) is 0 Å². The van der Waals surface area contributed by atoms with E-state index in [-0.39, 0.29) is 18.3 Å². The molecule has 17 heavy (non-hydrogen) atoms. The number of nitrogens with zero attached hydrogens (tertiary/aromatic N) is 1. The molecule has 1 saturated heterocycles. The molecule has 0 amide bonds. The van der Waals surface area contributed by atoms with Gasteiger partial charge in [0.1, 0.15) is 5.82 Å². The number of hydrogen-bond donors (Lipinski definition) is 0. The van der Waals surface area contributed by atoms with E-state index >= 15 is 0 Å². The molecule has 1 atom stereocenters. The second-order valence-corrected chi connectivity index (χ2v) is 4.36. The number of benzene rings is 1. The summed E-state index contributed by atoms with van der Waals surface area (Å²) in [5, 5.41) is 0. The van der Waals surface area contributed by atoms with Gasteiger partial charge in [-0.25, -0.2) is 4.39 Å². The van der Waals surface area contributed by atoms with Gasteiger partial charge in [-0.3, -0.25) is 4.90 Å². The highest BCUT2D eigenvalue weighted by Crippen LogP contribution is 2.30. The first-order valence-electron chi connectivity index (χ1n) is 5.49. The van der Waals surface area contributed by atoms with Gasteiger partial charge < -0.3 is 0 Å². The van der Waals surface area contributed by atoms with Crippen LogP contribution < -0.4 is 0 Å². The molecule has 1 fully saturated rings. The third-order valence-corrected chi connectivity index (χ3v) is 3.02. The quantitative estimate of drug-likeness (QED) is 0.725. The van der Waals surface area contributed by atoms with Crippen LogP contribution in [0.15, 0.2) is 24.3 Å². The minimum absolute atomic E-state index is 0.126. The van der Waals surface area contributed by atoms with Crippen LogP contribution in [-0.4, -0.2) is 30.7 Å². The second-order valence-electron chi connectivity index (χ2n) is 4.36. The van der Waals surface area contributed by atoms with Crippen molar-refractivity contribution in [3.8, 4) is 0 Å². The van der Waals surface area contributed by atoms with Crippen molar-refractivity contribution >= 4 is 0 Å². The topological polar surface area (TPSA) is 3.24 Å². The van der Waals surface area contributed by atoms with Crippen LogP contribution in [-0.2, 0) is 0 Å². The Hall–Kier alpha value is -1.10. The molecule has 1 heterocycles. The molecule has 0 radical (unpaired) electrons. The maximum Gasteiger partial charge on any atom is 0.401 e. The lowest BCUT2D eigenvalue weighted by molar-refractivity contribution is -0.143. The third kappa shape index (κ3) is 3.19. The summed E-state index contributed by atoms with van der Waals surface area (Å²) in [5.74, 6) is -0.454. The number of halogens is 4. The van der Waals surface area contributed by atoms with Gasteiger partial charge in [-0.1, -0.05) is 18.2 Å². The molecule has 5 heteroatoms. The van der Waals surface area contributed by atoms with Crippen LogP contribution in [0.4, 0.5) is 17.6 Å². The van der Waals surface area contributed by atoms with E-state index in [9.17, 15) is 17.6 Å². The fourth-order valence-corrected chi connectivity index (χ4v) is 2.29. The van der Waals surface area contributed by atoms with Gasteiger partial charge in [0.15, 0.2) is 0 Å². The van der Waals surface area contributed by atoms with Gasteiger partial charge in [-0.2, -0.15) is 13.2 Å². The minimum atomic E-state index is -4.18. The van der Waals surface area contributed by atoms with E-state index in [1.165, 1.54) is 11.0 Å². The molecule has 0 unspecified atom stereocenters. The van der Waals surface area contributed by atoms with Crippen LogP contribution in [0.3, 0.4) is 0 Å². The number of hydrogen-bond acceptors (Lipinski definition) is 1. The lowest BCUT2D eigenvalue weighted by Crippen LogP contribution is -2.32. The fraction of sp³-hybridized carbons (Fsp3) is 0.500. The van der Waals surface area contributed by atoms with E-state index in [0.29, 0.717) is 18.5 Å². The zero-order valence-corrected chi connectivity index (χ0v) is 9.17. The van der Waals surface area contributed by atoms with Gasteiger partial charge in [0, 0.05) is 12.5 Å². The Labute approximate surface area is 97.0 Å². The fourth-order valence-electron chi connectivity index (χ4n) is 2.29. The van der Waals surface area contributed by atoms with Crippen LogP contribution in [0.25, 0.3) is 0 Å². The largest absolute Gasteiger partial charge is 0.401 e. The molecule has 0 saturated carbocycles. The Bertz CT molecular complexity index is 388. The molecule has 1 aromatic carbocycles. The average molecular weight is 247 g/mol. The molecular weight excluding hydrogens is 234 g/mol. The van der Waals surface area contributed by atoms with E-state index in [1.807, 2.05) is 0 Å². The van der Waals surface area contributed by atoms with E-state index in [1.54, 1.807) is 18.2 Å². The second kappa shape index (κ2) is 4.64. The summed E-state index contributed by atoms with van der Waals surface area (Å²) in [6.45, 7) is -0.253. The lowest BCUT2D eigenvalue weighted by atomic mass is 9.98. The van der Waals surface area contributed by atoms with Crippen molar-refractivity contribution in [2.45, 2.75) is 18.5 Å². The summed E-state index contributed by atoms with van der Waals surface area (Å²) in [6.07, 6.45) is -3.60. The first-order chi connectivity index (χ1) is 7.96. The van der Waals surface area contributed by atoms with Gasteiger partial charge in [0.25, 0.3) is 0 Å². The van der Waals surface area contributed by atoms with Gasteiger partial charge in [0.2, 0.25) is 0 Å². The predicted octanol–water partition coefficient (Wildman–Crippen LogP) is 3.18. The highest BCUT2D eigenvalue weighted by atomic mass is 19.4. The van der Waals surface area contributed by atoms with E-state index in [4.69, 9.17) is 0 Å². The predicted molar refractivity (Wildman–Crippen MR) is 56.3 cm³/mol. The number of likely N-dealkylation sites (tertiary alicyclic amines) is 1. The molecule has 1 aromatic rings. The number of alkyl halides is 3. The first kappa shape index (κ1) is 12.4. The smallest absolute Gasteiger partial charge is 0.294 e. The van der Waals surface area contributed by atoms with E-state index in [0.717, 1.165) is 0 Å². The zero-order chi connectivity index (χ0) is 12.5. The van der Waals surface area contributed by atoms with Crippen molar-refractivity contribution < 1.29 is 17.6 Å². The molecule has 1 aliphatic heterocycles. The Morgan fingerprint density at radius 2 is 1.94 bits per heavy atom. The highest BCUT2D eigenvalue weighted by molar-refractivity contribution is 5.23. The molecule has 0 spiro atoms. The van der Waals surface area contributed by atoms with Crippen molar-refractivity contribution in [1.82, 2.24) is 4.90 Å². The van der Waals surface area contributed by atoms with Gasteiger partial charge in [-0.05, 0) is 24.6 Å². The van der Waals surface area contributed by atoms with Crippen molar-refractivity contribution in [3.63, 3.8) is 0 Å². The highest BCUT2D eigenvalue weighted by Gasteiger charge is 2.35. The van der Waals surface area contributed by atoms with Crippen molar-refractivity contribution in [3.05, 3.63) is 35.6 Å². The van der Waals surface area contributed by atoms with Crippen molar-refractivity contribution in [2.24, 2.45) is 0 Å². The minimum Gasteiger partial charge on any atom is -0.294 e. The maximum absolute atomic E-state index is 13.5. The molecule has 0 N–H and O–H groups in total. The maximum atomic E-state index is 13.5. The molecule has 0 aliphatic carbocycles. The summed E-state index contributed by atoms with van der Waals surface area (Å²) in [7, 11) is 0. The van der Waals surface area contributed by atoms with Crippen LogP contribution in [0, 0.1) is 5.82 Å². The normalized spacial score (nSPS) is 22.0. The first-order valence-corrected chi connectivity index (χ1v) is 5.49. The van der Waals surface area contributed by atoms with Gasteiger partial charge in [0.05, 0.1) is 6.54 Å².